The number of hydrogen-bond acceptors (Lipinski definition) is 13. The molecule has 2 aliphatic rings. The van der Waals surface area contributed by atoms with Crippen molar-refractivity contribution in [2.75, 3.05) is 30.9 Å². The number of β-lactam (4-membered cyclic amide) rings is 1. The number of carboxylic acids is 1. The molecule has 2 aliphatic heterocycles. The molecule has 35 heavy (non-hydrogen) atoms. The van der Waals surface area contributed by atoms with Crippen LogP contribution >= 0.6 is 35.1 Å². The quantitative estimate of drug-likeness (QED) is 0.155. The molecule has 2 saturated heterocycles. The fraction of sp³-hybridized carbons (Fsp3) is 0.556. The second-order valence-electron chi connectivity index (χ2n) is 7.88. The molecule has 4 N–H and O–H groups in total. The van der Waals surface area contributed by atoms with Crippen molar-refractivity contribution in [3.63, 3.8) is 0 Å². The number of nitrogens with one attached hydrogen (secondary N) is 1. The summed E-state index contributed by atoms with van der Waals surface area (Å²) in [6.45, 7) is 2.79. The second-order valence-corrected chi connectivity index (χ2v) is 10.7. The molecule has 0 radical (unpaired) electrons. The van der Waals surface area contributed by atoms with Crippen molar-refractivity contribution in [3.8, 4) is 0 Å². The second kappa shape index (κ2) is 10.4. The summed E-state index contributed by atoms with van der Waals surface area (Å²) in [5.74, 6) is -1.57. The normalized spacial score (nSPS) is 24.0. The first-order chi connectivity index (χ1) is 16.8. The SMILES string of the molecule is CCCn1cnnc1SCC1(C(=O)O)CS[C@@H]2C(NC(=O)C(=NOC)c3nsc(N)n3)C(=O)N2C1. The summed E-state index contributed by atoms with van der Waals surface area (Å²) < 4.78 is 5.84. The van der Waals surface area contributed by atoms with Crippen LogP contribution < -0.4 is 11.1 Å². The van der Waals surface area contributed by atoms with E-state index in [-0.39, 0.29) is 40.6 Å². The number of nitrogens with zero attached hydrogens (tertiary/aromatic N) is 7. The maximum atomic E-state index is 12.9. The molecule has 2 amide bonds. The van der Waals surface area contributed by atoms with Crippen LogP contribution in [0.15, 0.2) is 16.6 Å². The number of rotatable bonds is 10. The first-order valence-corrected chi connectivity index (χ1v) is 13.3. The number of nitrogens with two attached hydrogens (primary N) is 1. The lowest BCUT2D eigenvalue weighted by atomic mass is 9.89. The van der Waals surface area contributed by atoms with E-state index in [0.29, 0.717) is 5.16 Å². The van der Waals surface area contributed by atoms with Crippen LogP contribution in [0.1, 0.15) is 19.2 Å². The number of aliphatic carboxylic acids is 1. The molecular weight excluding hydrogens is 518 g/mol. The molecule has 2 fully saturated rings. The van der Waals surface area contributed by atoms with Gasteiger partial charge in [-0.15, -0.1) is 22.0 Å². The summed E-state index contributed by atoms with van der Waals surface area (Å²) in [5.41, 5.74) is 4.21. The van der Waals surface area contributed by atoms with E-state index in [9.17, 15) is 19.5 Å². The van der Waals surface area contributed by atoms with Crippen LogP contribution in [0.25, 0.3) is 0 Å². The minimum atomic E-state index is -1.16. The van der Waals surface area contributed by atoms with Gasteiger partial charge in [0.15, 0.2) is 10.3 Å². The van der Waals surface area contributed by atoms with E-state index < -0.39 is 28.7 Å². The molecule has 3 atom stereocenters. The summed E-state index contributed by atoms with van der Waals surface area (Å²) >= 11 is 3.52. The molecule has 2 aromatic heterocycles. The topological polar surface area (TPSA) is 191 Å². The Hall–Kier alpha value is -2.92. The van der Waals surface area contributed by atoms with Crippen molar-refractivity contribution in [3.05, 3.63) is 12.2 Å². The average molecular weight is 542 g/mol. The molecule has 4 rings (SSSR count). The number of thioether (sulfide) groups is 2. The van der Waals surface area contributed by atoms with Gasteiger partial charge in [-0.1, -0.05) is 23.8 Å². The standard InChI is InChI=1S/C18H23N9O5S3/c1-3-4-26-8-20-23-17(26)34-7-18(15(30)31)5-27-13(29)10(14(27)33-6-18)21-12(28)9(24-32-2)11-22-16(19)35-25-11/h8,10,14H,3-7H2,1-2H3,(H,21,28)(H,30,31)(H2,19,22,25)/t10?,14-,18?/m1/s1. The van der Waals surface area contributed by atoms with Gasteiger partial charge in [0.2, 0.25) is 17.4 Å². The summed E-state index contributed by atoms with van der Waals surface area (Å²) in [6.07, 6.45) is 2.51. The third kappa shape index (κ3) is 4.92. The third-order valence-corrected chi connectivity index (χ3v) is 8.86. The van der Waals surface area contributed by atoms with Crippen molar-refractivity contribution >= 4 is 63.7 Å². The monoisotopic (exact) mass is 541 g/mol. The molecule has 0 aliphatic carbocycles. The fourth-order valence-corrected chi connectivity index (χ4v) is 6.91. The lowest BCUT2D eigenvalue weighted by Gasteiger charge is -2.53. The molecule has 17 heteroatoms. The third-order valence-electron chi connectivity index (χ3n) is 5.46. The highest BCUT2D eigenvalue weighted by Gasteiger charge is 2.57. The van der Waals surface area contributed by atoms with Crippen molar-refractivity contribution < 1.29 is 24.3 Å². The first kappa shape index (κ1) is 25.2. The largest absolute Gasteiger partial charge is 0.481 e. The highest BCUT2D eigenvalue weighted by atomic mass is 32.2. The molecule has 4 heterocycles. The lowest BCUT2D eigenvalue weighted by molar-refractivity contribution is -0.157. The molecule has 0 bridgehead atoms. The molecule has 0 saturated carbocycles. The Bertz CT molecular complexity index is 1150. The van der Waals surface area contributed by atoms with E-state index in [0.717, 1.165) is 24.5 Å². The van der Waals surface area contributed by atoms with Crippen molar-refractivity contribution in [2.24, 2.45) is 10.6 Å². The lowest BCUT2D eigenvalue weighted by Crippen LogP contribution is -2.74. The van der Waals surface area contributed by atoms with Gasteiger partial charge in [-0.2, -0.15) is 9.36 Å². The van der Waals surface area contributed by atoms with Gasteiger partial charge in [0.1, 0.15) is 30.3 Å². The summed E-state index contributed by atoms with van der Waals surface area (Å²) in [5, 5.41) is 24.7. The molecule has 0 aromatic carbocycles. The van der Waals surface area contributed by atoms with Crippen LogP contribution in [0, 0.1) is 5.41 Å². The van der Waals surface area contributed by atoms with Crippen molar-refractivity contribution in [2.45, 2.75) is 36.5 Å². The number of hydrogen-bond donors (Lipinski definition) is 3. The predicted octanol–water partition coefficient (Wildman–Crippen LogP) is -0.264. The zero-order chi connectivity index (χ0) is 25.2. The van der Waals surface area contributed by atoms with Gasteiger partial charge in [-0.25, -0.2) is 0 Å². The van der Waals surface area contributed by atoms with E-state index in [1.807, 2.05) is 11.5 Å². The molecular formula is C18H23N9O5S3. The number of aromatic nitrogens is 5. The van der Waals surface area contributed by atoms with E-state index in [1.54, 1.807) is 6.33 Å². The Morgan fingerprint density at radius 3 is 2.94 bits per heavy atom. The van der Waals surface area contributed by atoms with Crippen molar-refractivity contribution in [1.82, 2.24) is 34.3 Å². The van der Waals surface area contributed by atoms with Gasteiger partial charge in [-0.05, 0) is 6.42 Å². The van der Waals surface area contributed by atoms with Gasteiger partial charge in [0, 0.05) is 36.1 Å². The van der Waals surface area contributed by atoms with Crippen LogP contribution in [-0.2, 0) is 25.8 Å². The van der Waals surface area contributed by atoms with E-state index in [2.05, 4.69) is 30.0 Å². The smallest absolute Gasteiger partial charge is 0.313 e. The van der Waals surface area contributed by atoms with Gasteiger partial charge < -0.3 is 30.5 Å². The number of carbonyl (C=O) groups excluding carboxylic acids is 2. The molecule has 2 unspecified atom stereocenters. The van der Waals surface area contributed by atoms with Crippen molar-refractivity contribution in [1.29, 1.82) is 0 Å². The first-order valence-electron chi connectivity index (χ1n) is 10.5. The maximum absolute atomic E-state index is 12.9. The predicted molar refractivity (Wildman–Crippen MR) is 129 cm³/mol. The number of nitrogen functional groups attached to an aromatic ring is 1. The summed E-state index contributed by atoms with van der Waals surface area (Å²) in [6, 6.07) is -0.836. The number of amides is 2. The number of fused-ring (bicyclic) bond motifs is 1. The zero-order valence-electron chi connectivity index (χ0n) is 18.8. The Morgan fingerprint density at radius 1 is 1.49 bits per heavy atom. The highest BCUT2D eigenvalue weighted by molar-refractivity contribution is 8.00. The fourth-order valence-electron chi connectivity index (χ4n) is 3.68. The number of aryl methyl sites for hydroxylation is 1. The van der Waals surface area contributed by atoms with Crippen LogP contribution in [0.2, 0.25) is 0 Å². The van der Waals surface area contributed by atoms with Crippen LogP contribution in [0.3, 0.4) is 0 Å². The Balaban J connectivity index is 1.42. The van der Waals surface area contributed by atoms with Gasteiger partial charge in [0.25, 0.3) is 5.91 Å². The number of carbonyl (C=O) groups is 3. The minimum Gasteiger partial charge on any atom is -0.481 e. The zero-order valence-corrected chi connectivity index (χ0v) is 21.2. The molecule has 14 nitrogen and oxygen atoms in total. The van der Waals surface area contributed by atoms with Crippen LogP contribution in [-0.4, -0.2) is 94.2 Å². The van der Waals surface area contributed by atoms with Gasteiger partial charge >= 0.3 is 5.97 Å². The summed E-state index contributed by atoms with van der Waals surface area (Å²) in [7, 11) is 1.27. The molecule has 2 aromatic rings. The summed E-state index contributed by atoms with van der Waals surface area (Å²) in [4.78, 5) is 48.1. The van der Waals surface area contributed by atoms with Gasteiger partial charge in [-0.3, -0.25) is 14.4 Å². The molecule has 188 valence electrons. The number of oxime groups is 1. The number of anilines is 1. The van der Waals surface area contributed by atoms with E-state index in [4.69, 9.17) is 10.6 Å². The average Bonchev–Trinajstić information content (AvgIpc) is 3.48. The van der Waals surface area contributed by atoms with Crippen LogP contribution in [0.4, 0.5) is 5.13 Å². The van der Waals surface area contributed by atoms with E-state index >= 15 is 0 Å². The Kier molecular flexibility index (Phi) is 7.46. The van der Waals surface area contributed by atoms with E-state index in [1.165, 1.54) is 35.5 Å². The van der Waals surface area contributed by atoms with Gasteiger partial charge in [0.05, 0.1) is 0 Å². The Labute approximate surface area is 212 Å². The Morgan fingerprint density at radius 2 is 2.29 bits per heavy atom. The highest BCUT2D eigenvalue weighted by Crippen LogP contribution is 2.44. The van der Waals surface area contributed by atoms with Crippen LogP contribution in [0.5, 0.6) is 0 Å². The minimum absolute atomic E-state index is 0.00961. The number of carboxylic acid groups (broad SMARTS) is 1. The molecule has 0 spiro atoms. The maximum Gasteiger partial charge on any atom is 0.313 e.